The Labute approximate surface area is 125 Å². The summed E-state index contributed by atoms with van der Waals surface area (Å²) < 4.78 is 4.85. The highest BCUT2D eigenvalue weighted by Crippen LogP contribution is 2.20. The Balaban J connectivity index is 2.46. The second kappa shape index (κ2) is 8.84. The van der Waals surface area contributed by atoms with Crippen LogP contribution in [0, 0.1) is 0 Å². The second-order valence-electron chi connectivity index (χ2n) is 4.50. The van der Waals surface area contributed by atoms with Gasteiger partial charge in [-0.3, -0.25) is 9.59 Å². The van der Waals surface area contributed by atoms with E-state index in [1.54, 1.807) is 25.1 Å². The van der Waals surface area contributed by atoms with Gasteiger partial charge in [-0.1, -0.05) is 0 Å². The Morgan fingerprint density at radius 1 is 1.29 bits per heavy atom. The summed E-state index contributed by atoms with van der Waals surface area (Å²) in [4.78, 5) is 22.8. The number of esters is 1. The van der Waals surface area contributed by atoms with Gasteiger partial charge in [-0.25, -0.2) is 0 Å². The third kappa shape index (κ3) is 5.72. The van der Waals surface area contributed by atoms with Crippen LogP contribution < -0.4 is 16.4 Å². The Morgan fingerprint density at radius 2 is 2.05 bits per heavy atom. The molecule has 1 rings (SSSR count). The molecule has 0 saturated carbocycles. The molecule has 1 amide bonds. The van der Waals surface area contributed by atoms with Crippen molar-refractivity contribution in [2.45, 2.75) is 26.7 Å². The molecule has 6 nitrogen and oxygen atoms in total. The largest absolute Gasteiger partial charge is 0.466 e. The Kier molecular flexibility index (Phi) is 7.08. The van der Waals surface area contributed by atoms with E-state index in [-0.39, 0.29) is 11.9 Å². The first-order chi connectivity index (χ1) is 10.1. The highest BCUT2D eigenvalue weighted by molar-refractivity contribution is 5.96. The van der Waals surface area contributed by atoms with Gasteiger partial charge in [0, 0.05) is 25.1 Å². The van der Waals surface area contributed by atoms with Crippen molar-refractivity contribution in [3.8, 4) is 0 Å². The number of carbonyl (C=O) groups is 2. The minimum atomic E-state index is -0.196. The SMILES string of the molecule is CCNC(=O)c1ccc(NCCCC(=O)OCC)c(N)c1. The van der Waals surface area contributed by atoms with E-state index in [0.717, 1.165) is 5.69 Å². The first-order valence-electron chi connectivity index (χ1n) is 7.15. The predicted octanol–water partition coefficient (Wildman–Crippen LogP) is 1.77. The summed E-state index contributed by atoms with van der Waals surface area (Å²) in [5.41, 5.74) is 7.71. The molecule has 116 valence electrons. The van der Waals surface area contributed by atoms with Crippen molar-refractivity contribution >= 4 is 23.3 Å². The Hall–Kier alpha value is -2.24. The molecular formula is C15H23N3O3. The maximum atomic E-state index is 11.7. The quantitative estimate of drug-likeness (QED) is 0.386. The number of amides is 1. The van der Waals surface area contributed by atoms with Crippen molar-refractivity contribution < 1.29 is 14.3 Å². The van der Waals surface area contributed by atoms with E-state index in [4.69, 9.17) is 10.5 Å². The third-order valence-electron chi connectivity index (χ3n) is 2.83. The zero-order valence-corrected chi connectivity index (χ0v) is 12.6. The van der Waals surface area contributed by atoms with E-state index in [0.29, 0.717) is 43.8 Å². The third-order valence-corrected chi connectivity index (χ3v) is 2.83. The molecule has 0 saturated heterocycles. The fourth-order valence-electron chi connectivity index (χ4n) is 1.82. The molecule has 0 aliphatic heterocycles. The van der Waals surface area contributed by atoms with Gasteiger partial charge in [0.15, 0.2) is 0 Å². The standard InChI is InChI=1S/C15H23N3O3/c1-3-17-15(20)11-7-8-13(12(16)10-11)18-9-5-6-14(19)21-4-2/h7-8,10,18H,3-6,9,16H2,1-2H3,(H,17,20). The summed E-state index contributed by atoms with van der Waals surface area (Å²) in [5.74, 6) is -0.336. The molecule has 0 heterocycles. The van der Waals surface area contributed by atoms with Gasteiger partial charge in [0.25, 0.3) is 5.91 Å². The Bertz CT molecular complexity index is 489. The molecule has 4 N–H and O–H groups in total. The van der Waals surface area contributed by atoms with Crippen molar-refractivity contribution in [2.24, 2.45) is 0 Å². The van der Waals surface area contributed by atoms with Gasteiger partial charge in [-0.05, 0) is 38.5 Å². The summed E-state index contributed by atoms with van der Waals surface area (Å²) in [6.45, 7) is 5.24. The molecule has 0 aromatic heterocycles. The number of nitrogens with two attached hydrogens (primary N) is 1. The lowest BCUT2D eigenvalue weighted by Gasteiger charge is -2.10. The maximum Gasteiger partial charge on any atom is 0.305 e. The van der Waals surface area contributed by atoms with E-state index >= 15 is 0 Å². The van der Waals surface area contributed by atoms with Crippen LogP contribution >= 0.6 is 0 Å². The molecule has 21 heavy (non-hydrogen) atoms. The summed E-state index contributed by atoms with van der Waals surface area (Å²) in [5, 5.41) is 5.86. The summed E-state index contributed by atoms with van der Waals surface area (Å²) in [6, 6.07) is 5.12. The highest BCUT2D eigenvalue weighted by atomic mass is 16.5. The lowest BCUT2D eigenvalue weighted by molar-refractivity contribution is -0.143. The fourth-order valence-corrected chi connectivity index (χ4v) is 1.82. The Morgan fingerprint density at radius 3 is 2.67 bits per heavy atom. The van der Waals surface area contributed by atoms with E-state index in [1.165, 1.54) is 0 Å². The number of carbonyl (C=O) groups excluding carboxylic acids is 2. The predicted molar refractivity (Wildman–Crippen MR) is 83.2 cm³/mol. The number of hydrogen-bond acceptors (Lipinski definition) is 5. The minimum absolute atomic E-state index is 0.141. The molecule has 0 atom stereocenters. The van der Waals surface area contributed by atoms with Gasteiger partial charge in [-0.15, -0.1) is 0 Å². The smallest absolute Gasteiger partial charge is 0.305 e. The number of hydrogen-bond donors (Lipinski definition) is 3. The van der Waals surface area contributed by atoms with E-state index in [1.807, 2.05) is 6.92 Å². The molecule has 0 spiro atoms. The van der Waals surface area contributed by atoms with E-state index in [9.17, 15) is 9.59 Å². The first kappa shape index (κ1) is 16.8. The van der Waals surface area contributed by atoms with Gasteiger partial charge in [-0.2, -0.15) is 0 Å². The van der Waals surface area contributed by atoms with Crippen LogP contribution in [0.1, 0.15) is 37.0 Å². The molecule has 0 fully saturated rings. The lowest BCUT2D eigenvalue weighted by Crippen LogP contribution is -2.22. The monoisotopic (exact) mass is 293 g/mol. The number of nitrogens with one attached hydrogen (secondary N) is 2. The van der Waals surface area contributed by atoms with Gasteiger partial charge >= 0.3 is 5.97 Å². The van der Waals surface area contributed by atoms with Crippen LogP contribution in [-0.2, 0) is 9.53 Å². The number of rotatable bonds is 8. The summed E-state index contributed by atoms with van der Waals surface area (Å²) in [7, 11) is 0. The first-order valence-corrected chi connectivity index (χ1v) is 7.15. The van der Waals surface area contributed by atoms with Crippen LogP contribution in [0.2, 0.25) is 0 Å². The molecule has 1 aromatic rings. The van der Waals surface area contributed by atoms with Gasteiger partial charge in [0.1, 0.15) is 0 Å². The average Bonchev–Trinajstić information content (AvgIpc) is 2.45. The van der Waals surface area contributed by atoms with Crippen LogP contribution in [0.25, 0.3) is 0 Å². The van der Waals surface area contributed by atoms with Crippen LogP contribution in [0.3, 0.4) is 0 Å². The zero-order chi connectivity index (χ0) is 15.7. The normalized spacial score (nSPS) is 10.0. The van der Waals surface area contributed by atoms with E-state index < -0.39 is 0 Å². The molecule has 0 bridgehead atoms. The number of nitrogen functional groups attached to an aromatic ring is 1. The van der Waals surface area contributed by atoms with Crippen LogP contribution in [0.15, 0.2) is 18.2 Å². The molecule has 0 radical (unpaired) electrons. The highest BCUT2D eigenvalue weighted by Gasteiger charge is 2.07. The van der Waals surface area contributed by atoms with Gasteiger partial charge in [0.2, 0.25) is 0 Å². The van der Waals surface area contributed by atoms with Crippen LogP contribution in [0.4, 0.5) is 11.4 Å². The lowest BCUT2D eigenvalue weighted by atomic mass is 10.1. The van der Waals surface area contributed by atoms with Gasteiger partial charge < -0.3 is 21.1 Å². The van der Waals surface area contributed by atoms with Crippen molar-refractivity contribution in [1.29, 1.82) is 0 Å². The average molecular weight is 293 g/mol. The number of benzene rings is 1. The molecule has 0 unspecified atom stereocenters. The van der Waals surface area contributed by atoms with Gasteiger partial charge in [0.05, 0.1) is 18.0 Å². The minimum Gasteiger partial charge on any atom is -0.466 e. The molecule has 1 aromatic carbocycles. The van der Waals surface area contributed by atoms with Crippen molar-refractivity contribution in [3.63, 3.8) is 0 Å². The topological polar surface area (TPSA) is 93.5 Å². The van der Waals surface area contributed by atoms with E-state index in [2.05, 4.69) is 10.6 Å². The van der Waals surface area contributed by atoms with Crippen molar-refractivity contribution in [3.05, 3.63) is 23.8 Å². The van der Waals surface area contributed by atoms with Crippen LogP contribution in [-0.4, -0.2) is 31.6 Å². The maximum absolute atomic E-state index is 11.7. The second-order valence-corrected chi connectivity index (χ2v) is 4.50. The van der Waals surface area contributed by atoms with Crippen molar-refractivity contribution in [1.82, 2.24) is 5.32 Å². The molecule has 6 heteroatoms. The fraction of sp³-hybridized carbons (Fsp3) is 0.467. The summed E-state index contributed by atoms with van der Waals surface area (Å²) in [6.07, 6.45) is 1.04. The zero-order valence-electron chi connectivity index (χ0n) is 12.6. The molecule has 0 aliphatic carbocycles. The molecular weight excluding hydrogens is 270 g/mol. The van der Waals surface area contributed by atoms with Crippen LogP contribution in [0.5, 0.6) is 0 Å². The molecule has 0 aliphatic rings. The number of anilines is 2. The summed E-state index contributed by atoms with van der Waals surface area (Å²) >= 11 is 0. The van der Waals surface area contributed by atoms with Crippen molar-refractivity contribution in [2.75, 3.05) is 30.7 Å². The number of ether oxygens (including phenoxy) is 1.